The lowest BCUT2D eigenvalue weighted by atomic mass is 10.1. The summed E-state index contributed by atoms with van der Waals surface area (Å²) in [5.41, 5.74) is 1.55. The highest BCUT2D eigenvalue weighted by Gasteiger charge is 2.14. The first-order chi connectivity index (χ1) is 9.51. The topological polar surface area (TPSA) is 64.6 Å². The van der Waals surface area contributed by atoms with Crippen molar-refractivity contribution in [3.63, 3.8) is 0 Å². The van der Waals surface area contributed by atoms with Crippen LogP contribution in [-0.4, -0.2) is 13.1 Å². The van der Waals surface area contributed by atoms with Crippen molar-refractivity contribution in [2.24, 2.45) is 0 Å². The van der Waals surface area contributed by atoms with Gasteiger partial charge >= 0.3 is 5.97 Å². The Morgan fingerprint density at radius 3 is 2.75 bits per heavy atom. The fourth-order valence-electron chi connectivity index (χ4n) is 2.14. The molecule has 2 heterocycles. The quantitative estimate of drug-likeness (QED) is 0.851. The lowest BCUT2D eigenvalue weighted by Gasteiger charge is -2.11. The molecule has 2 aromatic heterocycles. The molecule has 0 radical (unpaired) electrons. The first kappa shape index (κ1) is 14.4. The van der Waals surface area contributed by atoms with Gasteiger partial charge in [-0.05, 0) is 32.9 Å². The van der Waals surface area contributed by atoms with Crippen LogP contribution >= 0.6 is 0 Å². The van der Waals surface area contributed by atoms with Crippen LogP contribution in [0.15, 0.2) is 27.2 Å². The molecule has 0 aromatic carbocycles. The van der Waals surface area contributed by atoms with Gasteiger partial charge in [-0.25, -0.2) is 4.79 Å². The first-order valence-electron chi connectivity index (χ1n) is 6.47. The molecule has 1 unspecified atom stereocenters. The van der Waals surface area contributed by atoms with Crippen LogP contribution in [0.4, 0.5) is 0 Å². The second-order valence-corrected chi connectivity index (χ2v) is 4.76. The van der Waals surface area contributed by atoms with Crippen LogP contribution in [-0.2, 0) is 11.3 Å². The average molecular weight is 277 g/mol. The van der Waals surface area contributed by atoms with Gasteiger partial charge in [-0.1, -0.05) is 0 Å². The Bertz CT molecular complexity index is 597. The van der Waals surface area contributed by atoms with Crippen molar-refractivity contribution in [3.05, 3.63) is 46.8 Å². The van der Waals surface area contributed by atoms with E-state index < -0.39 is 5.97 Å². The predicted octanol–water partition coefficient (Wildman–Crippen LogP) is 3.13. The molecule has 1 atom stereocenters. The maximum Gasteiger partial charge on any atom is 0.341 e. The van der Waals surface area contributed by atoms with Gasteiger partial charge in [-0.15, -0.1) is 0 Å². The normalized spacial score (nSPS) is 12.4. The highest BCUT2D eigenvalue weighted by Crippen LogP contribution is 2.21. The lowest BCUT2D eigenvalue weighted by molar-refractivity contribution is 0.0600. The Balaban J connectivity index is 1.96. The Hall–Kier alpha value is -2.01. The van der Waals surface area contributed by atoms with E-state index in [0.717, 1.165) is 17.1 Å². The number of hydrogen-bond acceptors (Lipinski definition) is 5. The number of nitrogens with one attached hydrogen (secondary N) is 1. The Morgan fingerprint density at radius 2 is 2.15 bits per heavy atom. The van der Waals surface area contributed by atoms with Gasteiger partial charge in [-0.2, -0.15) is 0 Å². The maximum atomic E-state index is 11.3. The Kier molecular flexibility index (Phi) is 4.29. The van der Waals surface area contributed by atoms with Crippen LogP contribution in [0.5, 0.6) is 0 Å². The minimum absolute atomic E-state index is 0.138. The average Bonchev–Trinajstić information content (AvgIpc) is 3.01. The van der Waals surface area contributed by atoms with Crippen molar-refractivity contribution in [3.8, 4) is 0 Å². The standard InChI is InChI=1S/C15H19NO4/c1-9-5-14(11(3)20-9)10(2)16-7-13-6-12(8-19-13)15(17)18-4/h5-6,8,10,16H,7H2,1-4H3. The van der Waals surface area contributed by atoms with E-state index in [1.54, 1.807) is 6.07 Å². The molecule has 0 bridgehead atoms. The fraction of sp³-hybridized carbons (Fsp3) is 0.400. The molecule has 0 amide bonds. The van der Waals surface area contributed by atoms with Crippen LogP contribution in [0, 0.1) is 13.8 Å². The van der Waals surface area contributed by atoms with Crippen LogP contribution < -0.4 is 5.32 Å². The zero-order valence-corrected chi connectivity index (χ0v) is 12.1. The number of aryl methyl sites for hydroxylation is 2. The number of carbonyl (C=O) groups excluding carboxylic acids is 1. The minimum Gasteiger partial charge on any atom is -0.467 e. The molecular formula is C15H19NO4. The predicted molar refractivity (Wildman–Crippen MR) is 73.5 cm³/mol. The highest BCUT2D eigenvalue weighted by molar-refractivity contribution is 5.88. The number of methoxy groups -OCH3 is 1. The molecular weight excluding hydrogens is 258 g/mol. The molecule has 0 aliphatic rings. The number of ether oxygens (including phenoxy) is 1. The maximum absolute atomic E-state index is 11.3. The van der Waals surface area contributed by atoms with Gasteiger partial charge in [0.2, 0.25) is 0 Å². The van der Waals surface area contributed by atoms with Gasteiger partial charge in [0.05, 0.1) is 19.2 Å². The molecule has 5 nitrogen and oxygen atoms in total. The van der Waals surface area contributed by atoms with Crippen molar-refractivity contribution in [1.82, 2.24) is 5.32 Å². The second kappa shape index (κ2) is 5.96. The third kappa shape index (κ3) is 3.11. The molecule has 0 fully saturated rings. The van der Waals surface area contributed by atoms with Crippen molar-refractivity contribution in [2.45, 2.75) is 33.4 Å². The SMILES string of the molecule is COC(=O)c1coc(CNC(C)c2cc(C)oc2C)c1. The molecule has 2 rings (SSSR count). The largest absolute Gasteiger partial charge is 0.467 e. The lowest BCUT2D eigenvalue weighted by Crippen LogP contribution is -2.17. The van der Waals surface area contributed by atoms with Gasteiger partial charge in [0, 0.05) is 11.6 Å². The van der Waals surface area contributed by atoms with Crippen LogP contribution in [0.1, 0.15) is 46.2 Å². The van der Waals surface area contributed by atoms with E-state index in [9.17, 15) is 4.79 Å². The van der Waals surface area contributed by atoms with Crippen molar-refractivity contribution in [2.75, 3.05) is 7.11 Å². The third-order valence-corrected chi connectivity index (χ3v) is 3.20. The van der Waals surface area contributed by atoms with Crippen molar-refractivity contribution < 1.29 is 18.4 Å². The third-order valence-electron chi connectivity index (χ3n) is 3.20. The van der Waals surface area contributed by atoms with Gasteiger partial charge in [0.15, 0.2) is 0 Å². The van der Waals surface area contributed by atoms with Crippen LogP contribution in [0.2, 0.25) is 0 Å². The summed E-state index contributed by atoms with van der Waals surface area (Å²) in [4.78, 5) is 11.3. The molecule has 0 spiro atoms. The van der Waals surface area contributed by atoms with Gasteiger partial charge in [0.25, 0.3) is 0 Å². The summed E-state index contributed by atoms with van der Waals surface area (Å²) in [6.45, 7) is 6.46. The van der Waals surface area contributed by atoms with Crippen LogP contribution in [0.3, 0.4) is 0 Å². The van der Waals surface area contributed by atoms with E-state index in [0.29, 0.717) is 17.9 Å². The second-order valence-electron chi connectivity index (χ2n) is 4.76. The van der Waals surface area contributed by atoms with E-state index in [2.05, 4.69) is 17.0 Å². The molecule has 0 aliphatic heterocycles. The molecule has 5 heteroatoms. The first-order valence-corrected chi connectivity index (χ1v) is 6.47. The van der Waals surface area contributed by atoms with Gasteiger partial charge in [0.1, 0.15) is 23.5 Å². The molecule has 2 aromatic rings. The highest BCUT2D eigenvalue weighted by atomic mass is 16.5. The van der Waals surface area contributed by atoms with E-state index in [1.807, 2.05) is 19.9 Å². The number of esters is 1. The number of furan rings is 2. The van der Waals surface area contributed by atoms with Gasteiger partial charge < -0.3 is 18.9 Å². The summed E-state index contributed by atoms with van der Waals surface area (Å²) >= 11 is 0. The minimum atomic E-state index is -0.394. The summed E-state index contributed by atoms with van der Waals surface area (Å²) in [6.07, 6.45) is 1.40. The van der Waals surface area contributed by atoms with E-state index in [-0.39, 0.29) is 6.04 Å². The number of carbonyl (C=O) groups is 1. The molecule has 0 aliphatic carbocycles. The van der Waals surface area contributed by atoms with E-state index in [4.69, 9.17) is 8.83 Å². The summed E-state index contributed by atoms with van der Waals surface area (Å²) in [5.74, 6) is 2.11. The van der Waals surface area contributed by atoms with Crippen LogP contribution in [0.25, 0.3) is 0 Å². The molecule has 20 heavy (non-hydrogen) atoms. The fourth-order valence-corrected chi connectivity index (χ4v) is 2.14. The van der Waals surface area contributed by atoms with E-state index >= 15 is 0 Å². The summed E-state index contributed by atoms with van der Waals surface area (Å²) in [6, 6.07) is 3.84. The summed E-state index contributed by atoms with van der Waals surface area (Å²) in [7, 11) is 1.35. The Labute approximate surface area is 117 Å². The summed E-state index contributed by atoms with van der Waals surface area (Å²) < 4.78 is 15.5. The van der Waals surface area contributed by atoms with Crippen molar-refractivity contribution >= 4 is 5.97 Å². The molecule has 1 N–H and O–H groups in total. The van der Waals surface area contributed by atoms with E-state index in [1.165, 1.54) is 13.4 Å². The summed E-state index contributed by atoms with van der Waals surface area (Å²) in [5, 5.41) is 3.33. The molecule has 0 saturated carbocycles. The number of hydrogen-bond donors (Lipinski definition) is 1. The zero-order chi connectivity index (χ0) is 14.7. The van der Waals surface area contributed by atoms with Gasteiger partial charge in [-0.3, -0.25) is 0 Å². The zero-order valence-electron chi connectivity index (χ0n) is 12.1. The molecule has 0 saturated heterocycles. The molecule has 108 valence electrons. The van der Waals surface area contributed by atoms with Crippen molar-refractivity contribution in [1.29, 1.82) is 0 Å². The number of rotatable bonds is 5. The monoisotopic (exact) mass is 277 g/mol. The smallest absolute Gasteiger partial charge is 0.341 e. The Morgan fingerprint density at radius 1 is 1.40 bits per heavy atom.